The predicted octanol–water partition coefficient (Wildman–Crippen LogP) is 1.88. The molecule has 1 aromatic rings. The van der Waals surface area contributed by atoms with E-state index in [4.69, 9.17) is 5.11 Å². The minimum absolute atomic E-state index is 0.00903. The summed E-state index contributed by atoms with van der Waals surface area (Å²) in [5.41, 5.74) is -0.391. The number of hydrogen-bond donors (Lipinski definition) is 2. The number of hydrogen-bond acceptors (Lipinski definition) is 10. The van der Waals surface area contributed by atoms with Gasteiger partial charge in [0.1, 0.15) is 0 Å². The Labute approximate surface area is 188 Å². The van der Waals surface area contributed by atoms with Crippen molar-refractivity contribution in [2.24, 2.45) is 0 Å². The summed E-state index contributed by atoms with van der Waals surface area (Å²) in [5.74, 6) is -1.28. The van der Waals surface area contributed by atoms with Crippen LogP contribution < -0.4 is 5.43 Å². The van der Waals surface area contributed by atoms with Gasteiger partial charge in [-0.25, -0.2) is 5.01 Å². The van der Waals surface area contributed by atoms with Crippen molar-refractivity contribution in [2.45, 2.75) is 46.1 Å². The van der Waals surface area contributed by atoms with Crippen LogP contribution in [0.5, 0.6) is 5.75 Å². The number of non-ortho nitro benzene ring substituents is 1. The van der Waals surface area contributed by atoms with Gasteiger partial charge in [0.25, 0.3) is 17.3 Å². The number of hydrazine groups is 1. The number of nitrogens with zero attached hydrogens (tertiary/aromatic N) is 5. The second-order valence-electron chi connectivity index (χ2n) is 7.23. The number of phenols is 1. The molecule has 1 atom stereocenters. The number of nitrogens with one attached hydrogen (secondary N) is 1. The van der Waals surface area contributed by atoms with Crippen LogP contribution in [0, 0.1) is 30.3 Å². The third-order valence-electron chi connectivity index (χ3n) is 4.53. The SMILES string of the molecule is CCCN(CCC)CC(=O)N1NC(=O)CC1C.O=[N+]([O-])c1cc([N+](=O)[O-])c(O)c([N+](=O)[O-])c1. The van der Waals surface area contributed by atoms with Gasteiger partial charge in [-0.3, -0.25) is 50.3 Å². The molecular formula is C18H26N6O9. The summed E-state index contributed by atoms with van der Waals surface area (Å²) in [6, 6.07) is 0.866. The fraction of sp³-hybridized carbons (Fsp3) is 0.556. The molecule has 1 unspecified atom stereocenters. The molecule has 182 valence electrons. The lowest BCUT2D eigenvalue weighted by Crippen LogP contribution is -2.47. The molecule has 1 aromatic carbocycles. The minimum atomic E-state index is -1.21. The average molecular weight is 470 g/mol. The quantitative estimate of drug-likeness (QED) is 0.396. The molecule has 0 aliphatic carbocycles. The molecule has 1 saturated heterocycles. The number of benzene rings is 1. The lowest BCUT2D eigenvalue weighted by atomic mass is 10.2. The Hall–Kier alpha value is -3.88. The van der Waals surface area contributed by atoms with Gasteiger partial charge in [-0.05, 0) is 32.9 Å². The number of aromatic hydroxyl groups is 1. The molecule has 0 radical (unpaired) electrons. The summed E-state index contributed by atoms with van der Waals surface area (Å²) in [5, 5.41) is 41.7. The van der Waals surface area contributed by atoms with E-state index >= 15 is 0 Å². The Balaban J connectivity index is 0.000000331. The molecule has 2 N–H and O–H groups in total. The van der Waals surface area contributed by atoms with E-state index in [-0.39, 0.29) is 17.9 Å². The molecule has 1 aliphatic rings. The summed E-state index contributed by atoms with van der Waals surface area (Å²) in [7, 11) is 0. The second-order valence-corrected chi connectivity index (χ2v) is 7.23. The molecule has 15 nitrogen and oxygen atoms in total. The van der Waals surface area contributed by atoms with Gasteiger partial charge in [0, 0.05) is 0 Å². The van der Waals surface area contributed by atoms with Crippen LogP contribution in [0.2, 0.25) is 0 Å². The molecule has 0 saturated carbocycles. The van der Waals surface area contributed by atoms with Crippen molar-refractivity contribution >= 4 is 28.9 Å². The Morgan fingerprint density at radius 3 is 1.91 bits per heavy atom. The Morgan fingerprint density at radius 1 is 1.09 bits per heavy atom. The minimum Gasteiger partial charge on any atom is -0.497 e. The van der Waals surface area contributed by atoms with Crippen molar-refractivity contribution in [3.05, 3.63) is 42.5 Å². The molecule has 1 heterocycles. The normalized spacial score (nSPS) is 15.0. The third-order valence-corrected chi connectivity index (χ3v) is 4.53. The second kappa shape index (κ2) is 12.2. The molecule has 1 fully saturated rings. The van der Waals surface area contributed by atoms with Crippen molar-refractivity contribution in [1.82, 2.24) is 15.3 Å². The average Bonchev–Trinajstić information content (AvgIpc) is 3.06. The fourth-order valence-electron chi connectivity index (χ4n) is 3.10. The zero-order valence-electron chi connectivity index (χ0n) is 18.4. The van der Waals surface area contributed by atoms with Crippen LogP contribution in [0.4, 0.5) is 17.1 Å². The molecule has 0 aromatic heterocycles. The van der Waals surface area contributed by atoms with Gasteiger partial charge >= 0.3 is 11.4 Å². The molecule has 15 heteroatoms. The van der Waals surface area contributed by atoms with E-state index in [0.29, 0.717) is 25.1 Å². The van der Waals surface area contributed by atoms with Crippen LogP contribution in [0.1, 0.15) is 40.0 Å². The third kappa shape index (κ3) is 7.64. The van der Waals surface area contributed by atoms with Gasteiger partial charge in [0.15, 0.2) is 0 Å². The van der Waals surface area contributed by atoms with Crippen LogP contribution in [-0.2, 0) is 9.59 Å². The lowest BCUT2D eigenvalue weighted by Gasteiger charge is -2.25. The first-order chi connectivity index (χ1) is 15.4. The highest BCUT2D eigenvalue weighted by Gasteiger charge is 2.31. The number of carbonyl (C=O) groups excluding carboxylic acids is 2. The zero-order valence-corrected chi connectivity index (χ0v) is 18.4. The Kier molecular flexibility index (Phi) is 10.1. The summed E-state index contributed by atoms with van der Waals surface area (Å²) < 4.78 is 0. The summed E-state index contributed by atoms with van der Waals surface area (Å²) in [6.45, 7) is 8.35. The molecule has 0 spiro atoms. The standard InChI is InChI=1S/C12H23N3O2.C6H3N3O7/c1-4-6-14(7-5-2)9-12(17)15-10(3)8-11(16)13-15;10-6-4(8(13)14)1-3(7(11)12)2-5(6)9(15)16/h10H,4-9H2,1-3H3,(H,13,16);1-2,10H. The van der Waals surface area contributed by atoms with Crippen LogP contribution in [0.15, 0.2) is 12.1 Å². The number of phenolic OH excluding ortho intramolecular Hbond substituents is 1. The van der Waals surface area contributed by atoms with E-state index in [1.165, 1.54) is 5.01 Å². The van der Waals surface area contributed by atoms with Crippen LogP contribution >= 0.6 is 0 Å². The lowest BCUT2D eigenvalue weighted by molar-refractivity contribution is -0.404. The first-order valence-corrected chi connectivity index (χ1v) is 10.1. The van der Waals surface area contributed by atoms with Gasteiger partial charge in [-0.15, -0.1) is 0 Å². The van der Waals surface area contributed by atoms with Gasteiger partial charge in [-0.1, -0.05) is 13.8 Å². The van der Waals surface area contributed by atoms with E-state index in [9.17, 15) is 39.9 Å². The first kappa shape index (κ1) is 27.2. The maximum atomic E-state index is 12.0. The molecule has 33 heavy (non-hydrogen) atoms. The van der Waals surface area contributed by atoms with Crippen molar-refractivity contribution in [1.29, 1.82) is 0 Å². The topological polar surface area (TPSA) is 202 Å². The number of amides is 2. The van der Waals surface area contributed by atoms with Crippen LogP contribution in [0.25, 0.3) is 0 Å². The van der Waals surface area contributed by atoms with E-state index in [0.717, 1.165) is 25.9 Å². The maximum absolute atomic E-state index is 12.0. The van der Waals surface area contributed by atoms with Crippen LogP contribution in [-0.4, -0.2) is 67.3 Å². The smallest absolute Gasteiger partial charge is 0.324 e. The zero-order chi connectivity index (χ0) is 25.3. The predicted molar refractivity (Wildman–Crippen MR) is 114 cm³/mol. The molecular weight excluding hydrogens is 444 g/mol. The highest BCUT2D eigenvalue weighted by molar-refractivity contribution is 5.86. The fourth-order valence-corrected chi connectivity index (χ4v) is 3.10. The molecule has 2 rings (SSSR count). The summed E-state index contributed by atoms with van der Waals surface area (Å²) >= 11 is 0. The van der Waals surface area contributed by atoms with Crippen LogP contribution in [0.3, 0.4) is 0 Å². The van der Waals surface area contributed by atoms with Gasteiger partial charge in [0.2, 0.25) is 5.91 Å². The Morgan fingerprint density at radius 2 is 1.58 bits per heavy atom. The highest BCUT2D eigenvalue weighted by atomic mass is 16.6. The maximum Gasteiger partial charge on any atom is 0.324 e. The molecule has 2 amide bonds. The van der Waals surface area contributed by atoms with E-state index in [1.54, 1.807) is 0 Å². The van der Waals surface area contributed by atoms with Gasteiger partial charge in [-0.2, -0.15) is 0 Å². The summed E-state index contributed by atoms with van der Waals surface area (Å²) in [6.07, 6.45) is 2.48. The van der Waals surface area contributed by atoms with E-state index < -0.39 is 37.6 Å². The number of rotatable bonds is 9. The monoisotopic (exact) mass is 470 g/mol. The molecule has 1 aliphatic heterocycles. The highest BCUT2D eigenvalue weighted by Crippen LogP contribution is 2.38. The van der Waals surface area contributed by atoms with Crippen molar-refractivity contribution < 1.29 is 29.5 Å². The van der Waals surface area contributed by atoms with Crippen molar-refractivity contribution in [2.75, 3.05) is 19.6 Å². The van der Waals surface area contributed by atoms with Crippen molar-refractivity contribution in [3.63, 3.8) is 0 Å². The van der Waals surface area contributed by atoms with Gasteiger partial charge < -0.3 is 5.11 Å². The Bertz CT molecular complexity index is 882. The largest absolute Gasteiger partial charge is 0.497 e. The van der Waals surface area contributed by atoms with Crippen molar-refractivity contribution in [3.8, 4) is 5.75 Å². The van der Waals surface area contributed by atoms with E-state index in [2.05, 4.69) is 24.2 Å². The molecule has 0 bridgehead atoms. The van der Waals surface area contributed by atoms with Gasteiger partial charge in [0.05, 0.1) is 45.9 Å². The first-order valence-electron chi connectivity index (χ1n) is 10.1. The number of carbonyl (C=O) groups is 2. The van der Waals surface area contributed by atoms with E-state index in [1.807, 2.05) is 6.92 Å². The number of nitro groups is 3. The summed E-state index contributed by atoms with van der Waals surface area (Å²) in [4.78, 5) is 53.1. The number of nitro benzene ring substituents is 3.